The predicted octanol–water partition coefficient (Wildman–Crippen LogP) is -0.0511. The number of carbonyl (C=O) groups excluding carboxylic acids is 1. The van der Waals surface area contributed by atoms with Crippen molar-refractivity contribution in [2.24, 2.45) is 14.1 Å². The molecule has 4 N–H and O–H groups in total. The third-order valence-electron chi connectivity index (χ3n) is 2.67. The van der Waals surface area contributed by atoms with Gasteiger partial charge in [-0.2, -0.15) is 10.2 Å². The number of hydrogen-bond acceptors (Lipinski definition) is 7. The third kappa shape index (κ3) is 3.98. The maximum atomic E-state index is 10.8. The minimum atomic E-state index is -1.01. The molecule has 0 bridgehead atoms. The van der Waals surface area contributed by atoms with Gasteiger partial charge in [-0.25, -0.2) is 9.59 Å². The highest BCUT2D eigenvalue weighted by Crippen LogP contribution is 2.07. The van der Waals surface area contributed by atoms with Crippen molar-refractivity contribution in [3.8, 4) is 0 Å². The van der Waals surface area contributed by atoms with Gasteiger partial charge in [-0.05, 0) is 0 Å². The van der Waals surface area contributed by atoms with Crippen molar-refractivity contribution in [2.75, 3.05) is 25.2 Å². The number of carboxylic acids is 1. The first-order chi connectivity index (χ1) is 10.3. The van der Waals surface area contributed by atoms with Gasteiger partial charge in [-0.15, -0.1) is 0 Å². The lowest BCUT2D eigenvalue weighted by atomic mass is 10.4. The maximum Gasteiger partial charge on any atom is 0.358 e. The van der Waals surface area contributed by atoms with E-state index in [4.69, 9.17) is 10.8 Å². The number of anilines is 2. The minimum Gasteiger partial charge on any atom is -0.476 e. The summed E-state index contributed by atoms with van der Waals surface area (Å²) >= 11 is 0. The fourth-order valence-electron chi connectivity index (χ4n) is 1.49. The lowest BCUT2D eigenvalue weighted by Gasteiger charge is -1.95. The summed E-state index contributed by atoms with van der Waals surface area (Å²) in [7, 11) is 6.34. The van der Waals surface area contributed by atoms with Gasteiger partial charge in [0.05, 0.1) is 7.11 Å². The van der Waals surface area contributed by atoms with Gasteiger partial charge >= 0.3 is 11.9 Å². The molecule has 0 saturated carbocycles. The standard InChI is InChI=1S/2C6H9N3O2/c1-9-5(7)3-4(8-9)6(10)11-2;1-7-5-3-4(6(10)11)8-9(5)2/h3H,7H2,1-2H3;3,7H,1-2H3,(H,10,11). The summed E-state index contributed by atoms with van der Waals surface area (Å²) in [6.45, 7) is 0. The maximum absolute atomic E-state index is 10.8. The molecule has 0 saturated heterocycles. The highest BCUT2D eigenvalue weighted by atomic mass is 16.5. The number of hydrogen-bond donors (Lipinski definition) is 3. The lowest BCUT2D eigenvalue weighted by molar-refractivity contribution is 0.0592. The van der Waals surface area contributed by atoms with E-state index in [1.54, 1.807) is 21.1 Å². The van der Waals surface area contributed by atoms with Crippen LogP contribution >= 0.6 is 0 Å². The van der Waals surface area contributed by atoms with Crippen LogP contribution < -0.4 is 11.1 Å². The molecule has 2 heterocycles. The second-order valence-electron chi connectivity index (χ2n) is 4.16. The number of carboxylic acid groups (broad SMARTS) is 1. The molecule has 0 radical (unpaired) electrons. The van der Waals surface area contributed by atoms with Crippen molar-refractivity contribution in [1.29, 1.82) is 0 Å². The first kappa shape index (κ1) is 17.0. The summed E-state index contributed by atoms with van der Waals surface area (Å²) in [5.74, 6) is -0.368. The number of ether oxygens (including phenoxy) is 1. The van der Waals surface area contributed by atoms with Crippen LogP contribution in [-0.4, -0.2) is 50.8 Å². The topological polar surface area (TPSA) is 137 Å². The second-order valence-corrected chi connectivity index (χ2v) is 4.16. The van der Waals surface area contributed by atoms with E-state index in [0.29, 0.717) is 11.6 Å². The molecule has 22 heavy (non-hydrogen) atoms. The molecule has 0 aliphatic heterocycles. The number of rotatable bonds is 3. The van der Waals surface area contributed by atoms with E-state index in [-0.39, 0.29) is 11.4 Å². The molecule has 0 aliphatic rings. The van der Waals surface area contributed by atoms with E-state index >= 15 is 0 Å². The summed E-state index contributed by atoms with van der Waals surface area (Å²) in [5, 5.41) is 18.9. The average molecular weight is 310 g/mol. The molecule has 10 nitrogen and oxygen atoms in total. The Morgan fingerprint density at radius 2 is 1.82 bits per heavy atom. The molecule has 0 amide bonds. The zero-order chi connectivity index (χ0) is 16.9. The number of nitrogens with one attached hydrogen (secondary N) is 1. The summed E-state index contributed by atoms with van der Waals surface area (Å²) in [6.07, 6.45) is 0. The number of aromatic carboxylic acids is 1. The molecule has 0 aliphatic carbocycles. The first-order valence-electron chi connectivity index (χ1n) is 6.13. The molecule has 2 aromatic heterocycles. The Morgan fingerprint density at radius 1 is 1.23 bits per heavy atom. The number of nitrogens with two attached hydrogens (primary N) is 1. The van der Waals surface area contributed by atoms with Gasteiger partial charge in [-0.3, -0.25) is 9.36 Å². The molecule has 120 valence electrons. The smallest absolute Gasteiger partial charge is 0.358 e. The molecule has 10 heteroatoms. The van der Waals surface area contributed by atoms with E-state index in [9.17, 15) is 9.59 Å². The summed E-state index contributed by atoms with van der Waals surface area (Å²) in [6, 6.07) is 2.94. The van der Waals surface area contributed by atoms with Crippen LogP contribution in [0.15, 0.2) is 12.1 Å². The Morgan fingerprint density at radius 3 is 2.14 bits per heavy atom. The Labute approximate surface area is 126 Å². The van der Waals surface area contributed by atoms with Gasteiger partial charge in [0.1, 0.15) is 11.6 Å². The lowest BCUT2D eigenvalue weighted by Crippen LogP contribution is -2.03. The van der Waals surface area contributed by atoms with E-state index < -0.39 is 11.9 Å². The van der Waals surface area contributed by atoms with E-state index in [1.807, 2.05) is 0 Å². The summed E-state index contributed by atoms with van der Waals surface area (Å²) in [5.41, 5.74) is 5.71. The van der Waals surface area contributed by atoms with Crippen LogP contribution in [0.5, 0.6) is 0 Å². The number of aromatic nitrogens is 4. The van der Waals surface area contributed by atoms with E-state index in [2.05, 4.69) is 20.3 Å². The second kappa shape index (κ2) is 7.11. The van der Waals surface area contributed by atoms with Crippen molar-refractivity contribution in [3.63, 3.8) is 0 Å². The Hall–Kier alpha value is -3.04. The van der Waals surface area contributed by atoms with Crippen molar-refractivity contribution < 1.29 is 19.4 Å². The summed E-state index contributed by atoms with van der Waals surface area (Å²) < 4.78 is 7.32. The fraction of sp³-hybridized carbons (Fsp3) is 0.333. The molecule has 0 aromatic carbocycles. The summed E-state index contributed by atoms with van der Waals surface area (Å²) in [4.78, 5) is 21.2. The molecule has 0 atom stereocenters. The van der Waals surface area contributed by atoms with E-state index in [0.717, 1.165) is 0 Å². The molecule has 2 aromatic rings. The Kier molecular flexibility index (Phi) is 5.50. The third-order valence-corrected chi connectivity index (χ3v) is 2.67. The molecule has 2 rings (SSSR count). The average Bonchev–Trinajstić information content (AvgIpc) is 3.02. The normalized spacial score (nSPS) is 9.64. The molecule has 0 spiro atoms. The fourth-order valence-corrected chi connectivity index (χ4v) is 1.49. The first-order valence-corrected chi connectivity index (χ1v) is 6.13. The highest BCUT2D eigenvalue weighted by molar-refractivity contribution is 5.88. The molecule has 0 unspecified atom stereocenters. The van der Waals surface area contributed by atoms with Crippen LogP contribution in [0.25, 0.3) is 0 Å². The Bertz CT molecular complexity index is 656. The highest BCUT2D eigenvalue weighted by Gasteiger charge is 2.10. The number of esters is 1. The van der Waals surface area contributed by atoms with Crippen LogP contribution in [0.2, 0.25) is 0 Å². The van der Waals surface area contributed by atoms with Crippen LogP contribution in [0.3, 0.4) is 0 Å². The van der Waals surface area contributed by atoms with Crippen LogP contribution in [0.4, 0.5) is 11.6 Å². The molecule has 0 fully saturated rings. The van der Waals surface area contributed by atoms with Crippen molar-refractivity contribution in [3.05, 3.63) is 23.5 Å². The minimum absolute atomic E-state index is 0.0526. The van der Waals surface area contributed by atoms with Gasteiger partial charge < -0.3 is 20.9 Å². The molecular weight excluding hydrogens is 292 g/mol. The SMILES string of the molecule is CNc1cc(C(=O)O)nn1C.COC(=O)c1cc(N)n(C)n1. The van der Waals surface area contributed by atoms with Gasteiger partial charge in [0.2, 0.25) is 0 Å². The van der Waals surface area contributed by atoms with Crippen molar-refractivity contribution >= 4 is 23.6 Å². The zero-order valence-electron chi connectivity index (χ0n) is 12.7. The van der Waals surface area contributed by atoms with Gasteiger partial charge in [0, 0.05) is 33.3 Å². The van der Waals surface area contributed by atoms with Gasteiger partial charge in [-0.1, -0.05) is 0 Å². The van der Waals surface area contributed by atoms with E-state index in [1.165, 1.54) is 28.6 Å². The Balaban J connectivity index is 0.000000220. The number of aryl methyl sites for hydroxylation is 2. The number of methoxy groups -OCH3 is 1. The van der Waals surface area contributed by atoms with Crippen molar-refractivity contribution in [1.82, 2.24) is 19.6 Å². The predicted molar refractivity (Wildman–Crippen MR) is 78.7 cm³/mol. The van der Waals surface area contributed by atoms with Gasteiger partial charge in [0.15, 0.2) is 11.4 Å². The number of carbonyl (C=O) groups is 2. The van der Waals surface area contributed by atoms with Gasteiger partial charge in [0.25, 0.3) is 0 Å². The number of nitrogens with zero attached hydrogens (tertiary/aromatic N) is 4. The monoisotopic (exact) mass is 310 g/mol. The zero-order valence-corrected chi connectivity index (χ0v) is 12.7. The number of nitrogen functional groups attached to an aromatic ring is 1. The van der Waals surface area contributed by atoms with Crippen LogP contribution in [-0.2, 0) is 18.8 Å². The quantitative estimate of drug-likeness (QED) is 0.671. The van der Waals surface area contributed by atoms with Crippen LogP contribution in [0, 0.1) is 0 Å². The van der Waals surface area contributed by atoms with Crippen LogP contribution in [0.1, 0.15) is 21.0 Å². The van der Waals surface area contributed by atoms with Crippen molar-refractivity contribution in [2.45, 2.75) is 0 Å². The molecular formula is C12H18N6O4. The largest absolute Gasteiger partial charge is 0.476 e.